The van der Waals surface area contributed by atoms with Gasteiger partial charge in [0.2, 0.25) is 5.91 Å². The van der Waals surface area contributed by atoms with Crippen molar-refractivity contribution in [2.45, 2.75) is 38.7 Å². The molecule has 0 bridgehead atoms. The summed E-state index contributed by atoms with van der Waals surface area (Å²) in [4.78, 5) is 38.8. The average molecular weight is 575 g/mol. The van der Waals surface area contributed by atoms with Gasteiger partial charge in [-0.2, -0.15) is 0 Å². The van der Waals surface area contributed by atoms with Gasteiger partial charge in [-0.05, 0) is 86.7 Å². The molecule has 8 nitrogen and oxygen atoms in total. The first-order chi connectivity index (χ1) is 20.2. The Morgan fingerprint density at radius 2 is 2.05 bits per heavy atom. The summed E-state index contributed by atoms with van der Waals surface area (Å²) in [7, 11) is 0. The number of likely N-dealkylation sites (tertiary alicyclic amines) is 1. The Labute approximate surface area is 243 Å². The summed E-state index contributed by atoms with van der Waals surface area (Å²) in [6.07, 6.45) is 7.50. The van der Waals surface area contributed by atoms with Crippen LogP contribution in [0.3, 0.4) is 0 Å². The zero-order chi connectivity index (χ0) is 29.9. The van der Waals surface area contributed by atoms with Crippen molar-refractivity contribution in [2.75, 3.05) is 26.2 Å². The van der Waals surface area contributed by atoms with Gasteiger partial charge in [0.1, 0.15) is 36.1 Å². The summed E-state index contributed by atoms with van der Waals surface area (Å²) in [5, 5.41) is 11.2. The van der Waals surface area contributed by atoms with Crippen molar-refractivity contribution in [3.63, 3.8) is 0 Å². The monoisotopic (exact) mass is 574 g/mol. The number of amides is 1. The highest BCUT2D eigenvalue weighted by Gasteiger charge is 2.31. The number of hydrogen-bond acceptors (Lipinski definition) is 7. The number of aliphatic hydroxyl groups excluding tert-OH is 1. The Morgan fingerprint density at radius 1 is 1.26 bits per heavy atom. The van der Waals surface area contributed by atoms with Gasteiger partial charge in [-0.1, -0.05) is 30.4 Å². The lowest BCUT2D eigenvalue weighted by Crippen LogP contribution is -2.43. The molecule has 1 saturated heterocycles. The van der Waals surface area contributed by atoms with Crippen molar-refractivity contribution in [3.05, 3.63) is 93.6 Å². The van der Waals surface area contributed by atoms with Crippen LogP contribution in [0.4, 0.5) is 4.39 Å². The molecule has 1 fully saturated rings. The number of carbonyl (C=O) groups is 2. The van der Waals surface area contributed by atoms with Gasteiger partial charge in [0.15, 0.2) is 0 Å². The maximum atomic E-state index is 13.7. The second-order valence-electron chi connectivity index (χ2n) is 11.3. The molecule has 2 atom stereocenters. The van der Waals surface area contributed by atoms with Crippen molar-refractivity contribution in [1.29, 1.82) is 0 Å². The molecule has 1 amide bonds. The third-order valence-corrected chi connectivity index (χ3v) is 8.36. The van der Waals surface area contributed by atoms with Crippen LogP contribution in [0.1, 0.15) is 36.0 Å². The third-order valence-electron chi connectivity index (χ3n) is 8.36. The fourth-order valence-corrected chi connectivity index (χ4v) is 5.77. The summed E-state index contributed by atoms with van der Waals surface area (Å²) >= 11 is 0. The number of hydrogen-bond donors (Lipinski definition) is 2. The number of rotatable bonds is 10. The highest BCUT2D eigenvalue weighted by Crippen LogP contribution is 2.36. The normalized spacial score (nSPS) is 20.3. The largest absolute Gasteiger partial charge is 0.491 e. The predicted octanol–water partition coefficient (Wildman–Crippen LogP) is 3.95. The van der Waals surface area contributed by atoms with Crippen molar-refractivity contribution in [3.8, 4) is 5.75 Å². The number of ether oxygens (including phenoxy) is 1. The van der Waals surface area contributed by atoms with E-state index >= 15 is 0 Å². The van der Waals surface area contributed by atoms with Crippen LogP contribution in [0.15, 0.2) is 69.9 Å². The number of aryl methyl sites for hydroxylation is 1. The summed E-state index contributed by atoms with van der Waals surface area (Å²) in [5.41, 5.74) is 7.00. The molecule has 2 aromatic carbocycles. The van der Waals surface area contributed by atoms with E-state index in [0.29, 0.717) is 55.8 Å². The summed E-state index contributed by atoms with van der Waals surface area (Å²) in [6, 6.07) is 11.5. The number of piperidine rings is 1. The molecule has 3 aromatic rings. The van der Waals surface area contributed by atoms with Gasteiger partial charge in [0.05, 0.1) is 5.41 Å². The minimum absolute atomic E-state index is 0.0574. The average Bonchev–Trinajstić information content (AvgIpc) is 2.98. The zero-order valence-electron chi connectivity index (χ0n) is 23.6. The molecule has 0 saturated carbocycles. The second kappa shape index (κ2) is 12.4. The molecule has 1 aliphatic carbocycles. The van der Waals surface area contributed by atoms with Crippen molar-refractivity contribution in [2.24, 2.45) is 17.1 Å². The maximum Gasteiger partial charge on any atom is 0.339 e. The van der Waals surface area contributed by atoms with E-state index < -0.39 is 17.1 Å². The number of primary amides is 1. The van der Waals surface area contributed by atoms with E-state index in [0.717, 1.165) is 28.4 Å². The predicted molar refractivity (Wildman–Crippen MR) is 157 cm³/mol. The van der Waals surface area contributed by atoms with Gasteiger partial charge in [0, 0.05) is 29.5 Å². The molecule has 1 aliphatic heterocycles. The van der Waals surface area contributed by atoms with Gasteiger partial charge in [-0.3, -0.25) is 4.79 Å². The van der Waals surface area contributed by atoms with Gasteiger partial charge in [-0.25, -0.2) is 9.18 Å². The highest BCUT2D eigenvalue weighted by molar-refractivity contribution is 5.83. The quantitative estimate of drug-likeness (QED) is 0.278. The van der Waals surface area contributed by atoms with Crippen LogP contribution in [0.5, 0.6) is 5.75 Å². The first-order valence-electron chi connectivity index (χ1n) is 14.2. The molecular formula is C33H35FN2O6. The highest BCUT2D eigenvalue weighted by atomic mass is 19.1. The topological polar surface area (TPSA) is 123 Å². The van der Waals surface area contributed by atoms with Gasteiger partial charge < -0.3 is 29.7 Å². The number of aliphatic hydroxyl groups is 1. The van der Waals surface area contributed by atoms with Crippen LogP contribution in [-0.2, 0) is 16.0 Å². The first kappa shape index (κ1) is 29.4. The third kappa shape index (κ3) is 6.53. The fraction of sp³-hybridized carbons (Fsp3) is 0.364. The minimum Gasteiger partial charge on any atom is -0.491 e. The second-order valence-corrected chi connectivity index (χ2v) is 11.3. The van der Waals surface area contributed by atoms with E-state index in [1.165, 1.54) is 12.1 Å². The number of fused-ring (bicyclic) bond motifs is 1. The Morgan fingerprint density at radius 3 is 2.71 bits per heavy atom. The van der Waals surface area contributed by atoms with Crippen molar-refractivity contribution < 1.29 is 28.2 Å². The van der Waals surface area contributed by atoms with E-state index in [-0.39, 0.29) is 30.7 Å². The SMILES string of the molecule is Cc1c(CC2(C=O)C=CC(c3cccc(F)c3)=CC2)c(=O)oc2cc(OCC(O)CN3CCC(C(N)=O)CC3)ccc12. The first-order valence-corrected chi connectivity index (χ1v) is 14.2. The molecule has 0 radical (unpaired) electrons. The Hall–Kier alpha value is -4.08. The fourth-order valence-electron chi connectivity index (χ4n) is 5.77. The number of carbonyl (C=O) groups excluding carboxylic acids is 2. The van der Waals surface area contributed by atoms with E-state index in [9.17, 15) is 23.9 Å². The van der Waals surface area contributed by atoms with E-state index in [4.69, 9.17) is 14.9 Å². The molecule has 1 aromatic heterocycles. The molecule has 0 spiro atoms. The van der Waals surface area contributed by atoms with Crippen molar-refractivity contribution >= 4 is 28.7 Å². The smallest absolute Gasteiger partial charge is 0.339 e. The standard InChI is InChI=1S/C33H35FN2O6/c1-21-28-6-5-27(41-19-26(38)18-36-13-9-23(10-14-36)31(35)39)16-30(28)42-32(40)29(21)17-33(20-37)11-7-22(8-12-33)24-3-2-4-25(34)15-24/h2-8,11,15-16,20,23,26,38H,9-10,12-14,17-19H2,1H3,(H2,35,39). The van der Waals surface area contributed by atoms with Crippen molar-refractivity contribution in [1.82, 2.24) is 4.90 Å². The molecule has 5 rings (SSSR count). The molecule has 9 heteroatoms. The zero-order valence-corrected chi connectivity index (χ0v) is 23.6. The molecule has 2 aliphatic rings. The van der Waals surface area contributed by atoms with Gasteiger partial charge >= 0.3 is 5.63 Å². The number of benzene rings is 2. The molecular weight excluding hydrogens is 539 g/mol. The summed E-state index contributed by atoms with van der Waals surface area (Å²) in [5.74, 6) is -0.253. The lowest BCUT2D eigenvalue weighted by molar-refractivity contribution is -0.123. The molecule has 3 N–H and O–H groups in total. The lowest BCUT2D eigenvalue weighted by atomic mass is 9.75. The Bertz CT molecular complexity index is 1600. The number of nitrogens with zero attached hydrogens (tertiary/aromatic N) is 1. The number of allylic oxidation sites excluding steroid dienone is 4. The number of halogens is 1. The lowest BCUT2D eigenvalue weighted by Gasteiger charge is -2.31. The molecule has 2 heterocycles. The van der Waals surface area contributed by atoms with Crippen LogP contribution >= 0.6 is 0 Å². The van der Waals surface area contributed by atoms with Crippen LogP contribution in [0.2, 0.25) is 0 Å². The number of aldehydes is 1. The van der Waals surface area contributed by atoms with E-state index in [2.05, 4.69) is 4.90 Å². The van der Waals surface area contributed by atoms with Gasteiger partial charge in [-0.15, -0.1) is 0 Å². The number of β-amino-alcohol motifs (C(OH)–C–C–N with tert-alkyl or cyclic N) is 1. The van der Waals surface area contributed by atoms with Crippen LogP contribution in [-0.4, -0.2) is 54.5 Å². The number of nitrogens with two attached hydrogens (primary N) is 1. The summed E-state index contributed by atoms with van der Waals surface area (Å²) < 4.78 is 25.1. The maximum absolute atomic E-state index is 13.7. The molecule has 2 unspecified atom stereocenters. The van der Waals surface area contributed by atoms with Crippen LogP contribution in [0.25, 0.3) is 16.5 Å². The molecule has 220 valence electrons. The van der Waals surface area contributed by atoms with Crippen LogP contribution in [0, 0.1) is 24.1 Å². The van der Waals surface area contributed by atoms with Crippen LogP contribution < -0.4 is 16.1 Å². The summed E-state index contributed by atoms with van der Waals surface area (Å²) in [6.45, 7) is 3.70. The molecule has 42 heavy (non-hydrogen) atoms. The Kier molecular flexibility index (Phi) is 8.70. The van der Waals surface area contributed by atoms with E-state index in [1.807, 2.05) is 19.1 Å². The van der Waals surface area contributed by atoms with E-state index in [1.54, 1.807) is 36.4 Å². The Balaban J connectivity index is 1.24. The van der Waals surface area contributed by atoms with Gasteiger partial charge in [0.25, 0.3) is 0 Å². The minimum atomic E-state index is -0.918.